The molecule has 2 aromatic heterocycles. The Labute approximate surface area is 158 Å². The summed E-state index contributed by atoms with van der Waals surface area (Å²) in [6.45, 7) is 2.74. The highest BCUT2D eigenvalue weighted by Crippen LogP contribution is 2.23. The first kappa shape index (κ1) is 17.7. The van der Waals surface area contributed by atoms with Gasteiger partial charge in [0.25, 0.3) is 11.8 Å². The maximum absolute atomic E-state index is 13.0. The van der Waals surface area contributed by atoms with E-state index in [0.29, 0.717) is 18.1 Å². The van der Waals surface area contributed by atoms with Crippen molar-refractivity contribution < 1.29 is 9.59 Å². The van der Waals surface area contributed by atoms with Gasteiger partial charge in [0.05, 0.1) is 5.69 Å². The number of nitrogens with zero attached hydrogens (tertiary/aromatic N) is 4. The van der Waals surface area contributed by atoms with Gasteiger partial charge >= 0.3 is 0 Å². The molecular weight excluding hydrogens is 342 g/mol. The van der Waals surface area contributed by atoms with E-state index in [0.717, 1.165) is 63.0 Å². The van der Waals surface area contributed by atoms with E-state index in [-0.39, 0.29) is 11.8 Å². The van der Waals surface area contributed by atoms with Gasteiger partial charge in [0, 0.05) is 38.6 Å². The van der Waals surface area contributed by atoms with Crippen LogP contribution in [0.25, 0.3) is 0 Å². The largest absolute Gasteiger partial charge is 0.347 e. The van der Waals surface area contributed by atoms with Crippen LogP contribution in [0.1, 0.15) is 64.5 Å². The smallest absolute Gasteiger partial charge is 0.289 e. The highest BCUT2D eigenvalue weighted by molar-refractivity contribution is 5.97. The molecule has 1 saturated heterocycles. The monoisotopic (exact) mass is 367 g/mol. The third-order valence-electron chi connectivity index (χ3n) is 5.37. The van der Waals surface area contributed by atoms with Crippen LogP contribution in [0.5, 0.6) is 0 Å². The van der Waals surface area contributed by atoms with Crippen LogP contribution in [-0.4, -0.2) is 44.3 Å². The van der Waals surface area contributed by atoms with Crippen LogP contribution in [0.2, 0.25) is 0 Å². The number of pyridine rings is 1. The normalized spacial score (nSPS) is 16.7. The van der Waals surface area contributed by atoms with Crippen molar-refractivity contribution in [3.8, 4) is 0 Å². The van der Waals surface area contributed by atoms with Gasteiger partial charge in [-0.1, -0.05) is 0 Å². The van der Waals surface area contributed by atoms with Gasteiger partial charge in [-0.3, -0.25) is 14.6 Å². The van der Waals surface area contributed by atoms with Crippen molar-refractivity contribution >= 4 is 11.8 Å². The molecule has 0 aromatic carbocycles. The SMILES string of the molecule is O=C(NCc1ccncc1)c1nc(C(=O)N2CCCCC2)n2c1CCCC2. The maximum atomic E-state index is 13.0. The summed E-state index contributed by atoms with van der Waals surface area (Å²) in [6.07, 6.45) is 9.49. The predicted molar refractivity (Wildman–Crippen MR) is 100 cm³/mol. The summed E-state index contributed by atoms with van der Waals surface area (Å²) in [5.41, 5.74) is 2.29. The van der Waals surface area contributed by atoms with E-state index >= 15 is 0 Å². The van der Waals surface area contributed by atoms with Gasteiger partial charge in [-0.15, -0.1) is 0 Å². The Bertz CT molecular complexity index is 824. The van der Waals surface area contributed by atoms with Crippen LogP contribution in [0.3, 0.4) is 0 Å². The highest BCUT2D eigenvalue weighted by Gasteiger charge is 2.30. The minimum absolute atomic E-state index is 0.0361. The van der Waals surface area contributed by atoms with Crippen molar-refractivity contribution in [2.45, 2.75) is 51.6 Å². The van der Waals surface area contributed by atoms with E-state index in [1.165, 1.54) is 6.42 Å². The van der Waals surface area contributed by atoms with E-state index in [1.54, 1.807) is 12.4 Å². The summed E-state index contributed by atoms with van der Waals surface area (Å²) in [5.74, 6) is 0.182. The van der Waals surface area contributed by atoms with Crippen molar-refractivity contribution in [2.75, 3.05) is 13.1 Å². The number of carbonyl (C=O) groups is 2. The fraction of sp³-hybridized carbons (Fsp3) is 0.500. The lowest BCUT2D eigenvalue weighted by Crippen LogP contribution is -2.37. The molecule has 2 amide bonds. The molecule has 142 valence electrons. The zero-order chi connectivity index (χ0) is 18.6. The van der Waals surface area contributed by atoms with Gasteiger partial charge in [0.2, 0.25) is 0 Å². The Morgan fingerprint density at radius 3 is 2.52 bits per heavy atom. The van der Waals surface area contributed by atoms with Gasteiger partial charge in [-0.05, 0) is 56.2 Å². The van der Waals surface area contributed by atoms with Gasteiger partial charge in [0.1, 0.15) is 5.69 Å². The molecule has 2 aliphatic heterocycles. The Hall–Kier alpha value is -2.70. The molecule has 0 aliphatic carbocycles. The van der Waals surface area contributed by atoms with Crippen LogP contribution >= 0.6 is 0 Å². The third-order valence-corrected chi connectivity index (χ3v) is 5.37. The quantitative estimate of drug-likeness (QED) is 0.898. The van der Waals surface area contributed by atoms with Gasteiger partial charge in [0.15, 0.2) is 5.82 Å². The fourth-order valence-electron chi connectivity index (χ4n) is 3.89. The molecule has 4 heterocycles. The molecule has 0 saturated carbocycles. The Balaban J connectivity index is 1.56. The Morgan fingerprint density at radius 2 is 1.74 bits per heavy atom. The van der Waals surface area contributed by atoms with Crippen LogP contribution in [0.4, 0.5) is 0 Å². The number of piperidine rings is 1. The lowest BCUT2D eigenvalue weighted by molar-refractivity contribution is 0.0705. The molecule has 1 N–H and O–H groups in total. The average Bonchev–Trinajstić information content (AvgIpc) is 3.13. The molecule has 0 bridgehead atoms. The molecule has 7 nitrogen and oxygen atoms in total. The van der Waals surface area contributed by atoms with Crippen molar-refractivity contribution in [1.29, 1.82) is 0 Å². The number of amides is 2. The summed E-state index contributed by atoms with van der Waals surface area (Å²) in [6, 6.07) is 3.74. The van der Waals surface area contributed by atoms with Gasteiger partial charge in [-0.2, -0.15) is 0 Å². The molecule has 4 rings (SSSR count). The molecule has 0 spiro atoms. The summed E-state index contributed by atoms with van der Waals surface area (Å²) < 4.78 is 1.97. The van der Waals surface area contributed by atoms with E-state index in [4.69, 9.17) is 0 Å². The van der Waals surface area contributed by atoms with E-state index in [9.17, 15) is 9.59 Å². The van der Waals surface area contributed by atoms with Crippen molar-refractivity contribution in [3.63, 3.8) is 0 Å². The summed E-state index contributed by atoms with van der Waals surface area (Å²) in [5, 5.41) is 2.93. The standard InChI is InChI=1S/C20H25N5O2/c26-19(22-14-15-7-9-21-10-8-15)17-16-6-2-5-13-25(16)18(23-17)20(27)24-11-3-1-4-12-24/h7-10H,1-6,11-14H2,(H,22,26). The molecule has 2 aliphatic rings. The van der Waals surface area contributed by atoms with Crippen molar-refractivity contribution in [1.82, 2.24) is 24.8 Å². The summed E-state index contributed by atoms with van der Waals surface area (Å²) in [4.78, 5) is 36.2. The number of hydrogen-bond donors (Lipinski definition) is 1. The first-order valence-electron chi connectivity index (χ1n) is 9.80. The molecular formula is C20H25N5O2. The zero-order valence-electron chi connectivity index (χ0n) is 15.5. The van der Waals surface area contributed by atoms with Crippen LogP contribution in [-0.2, 0) is 19.5 Å². The third kappa shape index (κ3) is 3.72. The number of hydrogen-bond acceptors (Lipinski definition) is 4. The molecule has 0 unspecified atom stereocenters. The average molecular weight is 367 g/mol. The number of carbonyl (C=O) groups excluding carboxylic acids is 2. The van der Waals surface area contributed by atoms with E-state index in [2.05, 4.69) is 15.3 Å². The zero-order valence-corrected chi connectivity index (χ0v) is 15.5. The van der Waals surface area contributed by atoms with Gasteiger partial charge in [-0.25, -0.2) is 4.98 Å². The minimum Gasteiger partial charge on any atom is -0.347 e. The van der Waals surface area contributed by atoms with Crippen molar-refractivity contribution in [3.05, 3.63) is 47.3 Å². The van der Waals surface area contributed by atoms with Crippen molar-refractivity contribution in [2.24, 2.45) is 0 Å². The lowest BCUT2D eigenvalue weighted by atomic mass is 10.1. The van der Waals surface area contributed by atoms with Crippen LogP contribution in [0, 0.1) is 0 Å². The lowest BCUT2D eigenvalue weighted by Gasteiger charge is -2.27. The topological polar surface area (TPSA) is 80.1 Å². The fourth-order valence-corrected chi connectivity index (χ4v) is 3.89. The Kier molecular flexibility index (Phi) is 5.18. The highest BCUT2D eigenvalue weighted by atomic mass is 16.2. The number of likely N-dealkylation sites (tertiary alicyclic amines) is 1. The molecule has 27 heavy (non-hydrogen) atoms. The number of fused-ring (bicyclic) bond motifs is 1. The number of imidazole rings is 1. The molecule has 7 heteroatoms. The molecule has 0 radical (unpaired) electrons. The Morgan fingerprint density at radius 1 is 1.00 bits per heavy atom. The van der Waals surface area contributed by atoms with E-state index < -0.39 is 0 Å². The second-order valence-corrected chi connectivity index (χ2v) is 7.23. The summed E-state index contributed by atoms with van der Waals surface area (Å²) >= 11 is 0. The minimum atomic E-state index is -0.213. The first-order chi connectivity index (χ1) is 13.2. The maximum Gasteiger partial charge on any atom is 0.289 e. The van der Waals surface area contributed by atoms with Crippen LogP contribution < -0.4 is 5.32 Å². The number of nitrogens with one attached hydrogen (secondary N) is 1. The van der Waals surface area contributed by atoms with Crippen LogP contribution in [0.15, 0.2) is 24.5 Å². The van der Waals surface area contributed by atoms with Gasteiger partial charge < -0.3 is 14.8 Å². The second kappa shape index (κ2) is 7.90. The summed E-state index contributed by atoms with van der Waals surface area (Å²) in [7, 11) is 0. The molecule has 1 fully saturated rings. The molecule has 2 aromatic rings. The molecule has 0 atom stereocenters. The first-order valence-corrected chi connectivity index (χ1v) is 9.80. The number of rotatable bonds is 4. The predicted octanol–water partition coefficient (Wildman–Crippen LogP) is 2.17. The number of aromatic nitrogens is 3. The van der Waals surface area contributed by atoms with E-state index in [1.807, 2.05) is 21.6 Å². The second-order valence-electron chi connectivity index (χ2n) is 7.23.